The Balaban J connectivity index is 1.96. The summed E-state index contributed by atoms with van der Waals surface area (Å²) in [5.74, 6) is 1.41. The summed E-state index contributed by atoms with van der Waals surface area (Å²) in [5, 5.41) is 8.97. The molecule has 0 radical (unpaired) electrons. The van der Waals surface area contributed by atoms with Crippen molar-refractivity contribution in [3.63, 3.8) is 0 Å². The summed E-state index contributed by atoms with van der Waals surface area (Å²) in [6, 6.07) is 7.54. The van der Waals surface area contributed by atoms with Crippen LogP contribution in [0.2, 0.25) is 0 Å². The standard InChI is InChI=1S/C16H15N3O3S/c1-16(13-8-18-14(20-2)15(19-13)21-3)9-22-11-6-10(7-17)4-5-12(11)23-16/h4-6,8H,9H2,1-3H3/t16-/m0/s1. The van der Waals surface area contributed by atoms with Gasteiger partial charge in [-0.2, -0.15) is 5.26 Å². The van der Waals surface area contributed by atoms with Gasteiger partial charge in [0.05, 0.1) is 47.4 Å². The van der Waals surface area contributed by atoms with Crippen LogP contribution in [-0.2, 0) is 4.75 Å². The smallest absolute Gasteiger partial charge is 0.278 e. The Hall–Kier alpha value is -2.46. The number of fused-ring (bicyclic) bond motifs is 1. The van der Waals surface area contributed by atoms with Crippen molar-refractivity contribution in [2.75, 3.05) is 20.8 Å². The molecule has 0 bridgehead atoms. The topological polar surface area (TPSA) is 77.3 Å². The van der Waals surface area contributed by atoms with Crippen LogP contribution in [0, 0.1) is 11.3 Å². The molecule has 0 spiro atoms. The zero-order valence-electron chi connectivity index (χ0n) is 13.0. The number of rotatable bonds is 3. The molecule has 0 aliphatic carbocycles. The van der Waals surface area contributed by atoms with Gasteiger partial charge in [0.25, 0.3) is 11.8 Å². The Morgan fingerprint density at radius 3 is 2.78 bits per heavy atom. The molecule has 23 heavy (non-hydrogen) atoms. The maximum atomic E-state index is 8.97. The van der Waals surface area contributed by atoms with E-state index in [-0.39, 0.29) is 0 Å². The molecule has 118 valence electrons. The predicted octanol–water partition coefficient (Wildman–Crippen LogP) is 2.77. The number of hydrogen-bond acceptors (Lipinski definition) is 7. The Kier molecular flexibility index (Phi) is 4.01. The number of hydrogen-bond donors (Lipinski definition) is 0. The summed E-state index contributed by atoms with van der Waals surface area (Å²) in [4.78, 5) is 9.72. The molecule has 0 saturated carbocycles. The highest BCUT2D eigenvalue weighted by Crippen LogP contribution is 2.48. The minimum Gasteiger partial charge on any atom is -0.490 e. The highest BCUT2D eigenvalue weighted by molar-refractivity contribution is 8.00. The van der Waals surface area contributed by atoms with Crippen molar-refractivity contribution in [3.8, 4) is 23.6 Å². The number of thioether (sulfide) groups is 1. The minimum atomic E-state index is -0.409. The third kappa shape index (κ3) is 2.78. The van der Waals surface area contributed by atoms with Crippen molar-refractivity contribution in [1.82, 2.24) is 9.97 Å². The summed E-state index contributed by atoms with van der Waals surface area (Å²) in [7, 11) is 3.05. The Bertz CT molecular complexity index is 791. The molecule has 0 fully saturated rings. The molecule has 0 saturated heterocycles. The number of ether oxygens (including phenoxy) is 3. The minimum absolute atomic E-state index is 0.345. The molecule has 1 aromatic heterocycles. The lowest BCUT2D eigenvalue weighted by Crippen LogP contribution is -2.30. The normalized spacial score (nSPS) is 19.2. The van der Waals surface area contributed by atoms with E-state index in [9.17, 15) is 0 Å². The molecule has 1 atom stereocenters. The van der Waals surface area contributed by atoms with Crippen LogP contribution in [0.15, 0.2) is 29.3 Å². The van der Waals surface area contributed by atoms with Crippen LogP contribution in [0.25, 0.3) is 0 Å². The Morgan fingerprint density at radius 1 is 1.30 bits per heavy atom. The monoisotopic (exact) mass is 329 g/mol. The van der Waals surface area contributed by atoms with Crippen LogP contribution < -0.4 is 14.2 Å². The van der Waals surface area contributed by atoms with Gasteiger partial charge in [-0.15, -0.1) is 11.8 Å². The maximum absolute atomic E-state index is 8.97. The van der Waals surface area contributed by atoms with E-state index in [1.807, 2.05) is 13.0 Å². The lowest BCUT2D eigenvalue weighted by atomic mass is 10.1. The fourth-order valence-corrected chi connectivity index (χ4v) is 3.44. The summed E-state index contributed by atoms with van der Waals surface area (Å²) in [6.45, 7) is 2.46. The summed E-state index contributed by atoms with van der Waals surface area (Å²) in [5.41, 5.74) is 1.33. The molecule has 1 aromatic carbocycles. The van der Waals surface area contributed by atoms with Gasteiger partial charge in [0.2, 0.25) is 0 Å². The van der Waals surface area contributed by atoms with Crippen LogP contribution in [-0.4, -0.2) is 30.8 Å². The highest BCUT2D eigenvalue weighted by atomic mass is 32.2. The lowest BCUT2D eigenvalue weighted by Gasteiger charge is -2.33. The first-order valence-electron chi connectivity index (χ1n) is 6.91. The van der Waals surface area contributed by atoms with E-state index in [0.29, 0.717) is 23.9 Å². The summed E-state index contributed by atoms with van der Waals surface area (Å²) >= 11 is 1.63. The largest absolute Gasteiger partial charge is 0.490 e. The summed E-state index contributed by atoms with van der Waals surface area (Å²) in [6.07, 6.45) is 1.67. The second-order valence-electron chi connectivity index (χ2n) is 5.17. The molecule has 0 N–H and O–H groups in total. The van der Waals surface area contributed by atoms with Gasteiger partial charge in [-0.25, -0.2) is 9.97 Å². The van der Waals surface area contributed by atoms with Crippen molar-refractivity contribution < 1.29 is 14.2 Å². The first kappa shape index (κ1) is 15.4. The molecular formula is C16H15N3O3S. The van der Waals surface area contributed by atoms with E-state index in [2.05, 4.69) is 16.0 Å². The van der Waals surface area contributed by atoms with Crippen LogP contribution >= 0.6 is 11.8 Å². The highest BCUT2D eigenvalue weighted by Gasteiger charge is 2.36. The van der Waals surface area contributed by atoms with Crippen LogP contribution in [0.3, 0.4) is 0 Å². The van der Waals surface area contributed by atoms with E-state index < -0.39 is 4.75 Å². The molecule has 2 heterocycles. The van der Waals surface area contributed by atoms with E-state index in [4.69, 9.17) is 19.5 Å². The van der Waals surface area contributed by atoms with Gasteiger partial charge in [-0.3, -0.25) is 0 Å². The number of nitriles is 1. The quantitative estimate of drug-likeness (QED) is 0.857. The molecule has 7 heteroatoms. The van der Waals surface area contributed by atoms with E-state index in [1.165, 1.54) is 14.2 Å². The predicted molar refractivity (Wildman–Crippen MR) is 85.0 cm³/mol. The molecule has 3 rings (SSSR count). The van der Waals surface area contributed by atoms with Crippen LogP contribution in [0.5, 0.6) is 17.5 Å². The summed E-state index contributed by atoms with van der Waals surface area (Å²) < 4.78 is 15.8. The van der Waals surface area contributed by atoms with E-state index >= 15 is 0 Å². The second-order valence-corrected chi connectivity index (χ2v) is 6.71. The third-order valence-electron chi connectivity index (χ3n) is 3.55. The number of nitrogens with zero attached hydrogens (tertiary/aromatic N) is 3. The molecular weight excluding hydrogens is 314 g/mol. The lowest BCUT2D eigenvalue weighted by molar-refractivity contribution is 0.260. The Morgan fingerprint density at radius 2 is 2.09 bits per heavy atom. The van der Waals surface area contributed by atoms with Gasteiger partial charge in [0.15, 0.2) is 0 Å². The fraction of sp³-hybridized carbons (Fsp3) is 0.312. The van der Waals surface area contributed by atoms with Gasteiger partial charge in [-0.1, -0.05) is 0 Å². The van der Waals surface area contributed by atoms with Gasteiger partial charge in [0.1, 0.15) is 12.4 Å². The first-order chi connectivity index (χ1) is 11.1. The number of aromatic nitrogens is 2. The Labute approximate surface area is 138 Å². The van der Waals surface area contributed by atoms with Crippen molar-refractivity contribution >= 4 is 11.8 Å². The molecule has 6 nitrogen and oxygen atoms in total. The maximum Gasteiger partial charge on any atom is 0.278 e. The van der Waals surface area contributed by atoms with Crippen molar-refractivity contribution in [2.24, 2.45) is 0 Å². The molecule has 2 aromatic rings. The molecule has 1 aliphatic rings. The van der Waals surface area contributed by atoms with Gasteiger partial charge in [0, 0.05) is 0 Å². The van der Waals surface area contributed by atoms with Gasteiger partial charge in [-0.05, 0) is 25.1 Å². The zero-order valence-corrected chi connectivity index (χ0v) is 13.8. The van der Waals surface area contributed by atoms with Crippen molar-refractivity contribution in [1.29, 1.82) is 5.26 Å². The zero-order chi connectivity index (χ0) is 16.4. The number of methoxy groups -OCH3 is 2. The fourth-order valence-electron chi connectivity index (χ4n) is 2.28. The SMILES string of the molecule is COc1ncc([C@]2(C)COc3cc(C#N)ccc3S2)nc1OC. The van der Waals surface area contributed by atoms with Gasteiger partial charge < -0.3 is 14.2 Å². The van der Waals surface area contributed by atoms with E-state index in [1.54, 1.807) is 30.1 Å². The third-order valence-corrected chi connectivity index (χ3v) is 4.88. The van der Waals surface area contributed by atoms with Crippen molar-refractivity contribution in [2.45, 2.75) is 16.6 Å². The van der Waals surface area contributed by atoms with Crippen LogP contribution in [0.4, 0.5) is 0 Å². The average Bonchev–Trinajstić information content (AvgIpc) is 2.60. The first-order valence-corrected chi connectivity index (χ1v) is 7.73. The second kappa shape index (κ2) is 5.97. The van der Waals surface area contributed by atoms with E-state index in [0.717, 1.165) is 16.3 Å². The molecule has 1 aliphatic heterocycles. The molecule has 0 unspecified atom stereocenters. The molecule has 0 amide bonds. The number of benzene rings is 1. The van der Waals surface area contributed by atoms with Crippen LogP contribution in [0.1, 0.15) is 18.2 Å². The van der Waals surface area contributed by atoms with Crippen molar-refractivity contribution in [3.05, 3.63) is 35.7 Å². The average molecular weight is 329 g/mol. The van der Waals surface area contributed by atoms with Gasteiger partial charge >= 0.3 is 0 Å².